The first-order valence-corrected chi connectivity index (χ1v) is 20.3. The van der Waals surface area contributed by atoms with Crippen molar-refractivity contribution < 1.29 is 46.1 Å². The van der Waals surface area contributed by atoms with Gasteiger partial charge in [0.05, 0.1) is 24.9 Å². The molecule has 3 fully saturated rings. The van der Waals surface area contributed by atoms with E-state index in [0.29, 0.717) is 24.4 Å². The third-order valence-corrected chi connectivity index (χ3v) is 11.6. The Kier molecular flexibility index (Phi) is 12.9. The van der Waals surface area contributed by atoms with Crippen LogP contribution in [0.15, 0.2) is 72.8 Å². The molecule has 1 aliphatic carbocycles. The number of nitrogens with zero attached hydrogens (tertiary/aromatic N) is 1. The predicted molar refractivity (Wildman–Crippen MR) is 211 cm³/mol. The molecule has 1 saturated carbocycles. The number of hydrogen-bond acceptors (Lipinski definition) is 6. The molecule has 0 spiro atoms. The van der Waals surface area contributed by atoms with E-state index in [-0.39, 0.29) is 48.9 Å². The van der Waals surface area contributed by atoms with Gasteiger partial charge >= 0.3 is 0 Å². The minimum absolute atomic E-state index is 0.0355. The molecule has 13 heteroatoms. The minimum Gasteiger partial charge on any atom is -0.392 e. The van der Waals surface area contributed by atoms with Gasteiger partial charge in [-0.2, -0.15) is 0 Å². The summed E-state index contributed by atoms with van der Waals surface area (Å²) in [4.78, 5) is 28.9. The van der Waals surface area contributed by atoms with Crippen molar-refractivity contribution in [1.29, 1.82) is 0 Å². The van der Waals surface area contributed by atoms with Gasteiger partial charge in [0, 0.05) is 36.7 Å². The number of halogens is 5. The van der Waals surface area contributed by atoms with E-state index in [1.54, 1.807) is 18.2 Å². The largest absolute Gasteiger partial charge is 0.392 e. The number of rotatable bonds is 10. The number of benzene rings is 4. The average Bonchev–Trinajstić information content (AvgIpc) is 3.24. The van der Waals surface area contributed by atoms with Crippen LogP contribution in [0.25, 0.3) is 11.1 Å². The first-order valence-electron chi connectivity index (χ1n) is 20.3. The third-order valence-electron chi connectivity index (χ3n) is 11.6. The summed E-state index contributed by atoms with van der Waals surface area (Å²) < 4.78 is 83.2. The van der Waals surface area contributed by atoms with Crippen LogP contribution in [0.2, 0.25) is 0 Å². The topological polar surface area (TPSA) is 100 Å². The van der Waals surface area contributed by atoms with E-state index >= 15 is 0 Å². The number of likely N-dealkylation sites (tertiary alicyclic amines) is 1. The SMILES string of the molecule is CC(C)(C)NC(=O)[C@H]1CC[C@H]2CCCC[C@H]2N1C[C@@H]1C[C@H](c2ccc(CO)cc2)O[C@H](c2cccc(-c3cccc(CNC(=O)c4c(F)c(F)c(F)c(F)c4F)c3)c2)O1. The molecular weight excluding hydrogens is 770 g/mol. The third kappa shape index (κ3) is 9.54. The minimum atomic E-state index is -2.34. The van der Waals surface area contributed by atoms with Crippen molar-refractivity contribution in [3.63, 3.8) is 0 Å². The van der Waals surface area contributed by atoms with Crippen LogP contribution in [0, 0.1) is 35.0 Å². The Morgan fingerprint density at radius 3 is 2.12 bits per heavy atom. The molecular formula is C46H50F5N3O5. The van der Waals surface area contributed by atoms with Gasteiger partial charge in [0.25, 0.3) is 5.91 Å². The van der Waals surface area contributed by atoms with Gasteiger partial charge in [-0.05, 0) is 92.3 Å². The predicted octanol–water partition coefficient (Wildman–Crippen LogP) is 8.95. The molecule has 0 bridgehead atoms. The molecule has 4 aromatic rings. The fraction of sp³-hybridized carbons (Fsp3) is 0.435. The molecule has 3 aliphatic rings. The Morgan fingerprint density at radius 2 is 1.42 bits per heavy atom. The first kappa shape index (κ1) is 42.4. The van der Waals surface area contributed by atoms with Crippen LogP contribution >= 0.6 is 0 Å². The van der Waals surface area contributed by atoms with Gasteiger partial charge in [0.2, 0.25) is 11.7 Å². The quantitative estimate of drug-likeness (QED) is 0.0840. The second kappa shape index (κ2) is 17.9. The monoisotopic (exact) mass is 819 g/mol. The standard InChI is InChI=1S/C46H50F5N3O5/c1-46(2,3)53-43(56)35-19-18-28-9-4-5-13-34(28)54(35)24-33-22-36(29-16-14-26(25-55)15-17-29)59-45(58-33)32-12-7-11-31(21-32)30-10-6-8-27(20-30)23-52-44(57)37-38(47)40(49)42(51)41(50)39(37)48/h6-8,10-12,14-17,20-21,28,33-36,45,55H,4-5,9,13,18-19,22-25H2,1-3H3,(H,52,57)(H,53,56)/t28-,33+,34-,35-,36-,45-/m1/s1. The average molecular weight is 820 g/mol. The van der Waals surface area contributed by atoms with Gasteiger partial charge < -0.3 is 25.2 Å². The number of fused-ring (bicyclic) bond motifs is 1. The molecule has 0 unspecified atom stereocenters. The normalized spacial score (nSPS) is 23.7. The van der Waals surface area contributed by atoms with Crippen molar-refractivity contribution in [2.24, 2.45) is 5.92 Å². The van der Waals surface area contributed by atoms with Gasteiger partial charge in [-0.25, -0.2) is 22.0 Å². The lowest BCUT2D eigenvalue weighted by molar-refractivity contribution is -0.255. The zero-order valence-corrected chi connectivity index (χ0v) is 33.4. The maximum Gasteiger partial charge on any atom is 0.257 e. The Bertz CT molecular complexity index is 2130. The number of carbonyl (C=O) groups is 2. The summed E-state index contributed by atoms with van der Waals surface area (Å²) >= 11 is 0. The van der Waals surface area contributed by atoms with Crippen LogP contribution in [-0.4, -0.2) is 52.1 Å². The van der Waals surface area contributed by atoms with Crippen LogP contribution in [0.1, 0.15) is 111 Å². The second-order valence-electron chi connectivity index (χ2n) is 16.9. The number of ether oxygens (including phenoxy) is 2. The molecule has 2 aliphatic heterocycles. The van der Waals surface area contributed by atoms with Gasteiger partial charge in [0.1, 0.15) is 5.56 Å². The van der Waals surface area contributed by atoms with Crippen LogP contribution in [0.4, 0.5) is 22.0 Å². The number of carbonyl (C=O) groups excluding carboxylic acids is 2. The zero-order chi connectivity index (χ0) is 42.0. The second-order valence-corrected chi connectivity index (χ2v) is 16.9. The summed E-state index contributed by atoms with van der Waals surface area (Å²) in [6.07, 6.45) is 5.42. The van der Waals surface area contributed by atoms with E-state index in [1.807, 2.05) is 75.4 Å². The fourth-order valence-electron chi connectivity index (χ4n) is 8.80. The first-order chi connectivity index (χ1) is 28.2. The van der Waals surface area contributed by atoms with E-state index in [9.17, 15) is 36.6 Å². The lowest BCUT2D eigenvalue weighted by atomic mass is 9.75. The molecule has 2 heterocycles. The Labute approximate surface area is 341 Å². The highest BCUT2D eigenvalue weighted by Gasteiger charge is 2.44. The molecule has 59 heavy (non-hydrogen) atoms. The van der Waals surface area contributed by atoms with Crippen molar-refractivity contribution in [3.05, 3.63) is 130 Å². The Balaban J connectivity index is 1.14. The lowest BCUT2D eigenvalue weighted by Crippen LogP contribution is -2.61. The van der Waals surface area contributed by atoms with Crippen molar-refractivity contribution in [3.8, 4) is 11.1 Å². The molecule has 8 nitrogen and oxygen atoms in total. The molecule has 0 radical (unpaired) electrons. The maximum atomic E-state index is 14.3. The van der Waals surface area contributed by atoms with Crippen molar-refractivity contribution in [1.82, 2.24) is 15.5 Å². The number of aliphatic hydroxyl groups excluding tert-OH is 1. The summed E-state index contributed by atoms with van der Waals surface area (Å²) in [5.41, 5.74) is 2.54. The van der Waals surface area contributed by atoms with Gasteiger partial charge in [-0.1, -0.05) is 73.5 Å². The fourth-order valence-corrected chi connectivity index (χ4v) is 8.80. The van der Waals surface area contributed by atoms with Crippen LogP contribution < -0.4 is 10.6 Å². The molecule has 6 atom stereocenters. The van der Waals surface area contributed by atoms with E-state index in [1.165, 1.54) is 6.42 Å². The summed E-state index contributed by atoms with van der Waals surface area (Å²) in [6.45, 7) is 6.20. The van der Waals surface area contributed by atoms with Crippen LogP contribution in [0.5, 0.6) is 0 Å². The van der Waals surface area contributed by atoms with E-state index < -0.39 is 46.8 Å². The molecule has 0 aromatic heterocycles. The Morgan fingerprint density at radius 1 is 0.763 bits per heavy atom. The number of nitrogens with one attached hydrogen (secondary N) is 2. The van der Waals surface area contributed by atoms with Gasteiger partial charge in [-0.3, -0.25) is 14.5 Å². The molecule has 314 valence electrons. The lowest BCUT2D eigenvalue weighted by Gasteiger charge is -2.50. The molecule has 4 aromatic carbocycles. The van der Waals surface area contributed by atoms with Crippen LogP contribution in [0.3, 0.4) is 0 Å². The summed E-state index contributed by atoms with van der Waals surface area (Å²) in [7, 11) is 0. The van der Waals surface area contributed by atoms with Gasteiger partial charge in [-0.15, -0.1) is 0 Å². The maximum absolute atomic E-state index is 14.3. The van der Waals surface area contributed by atoms with Crippen molar-refractivity contribution in [2.45, 2.75) is 115 Å². The zero-order valence-electron chi connectivity index (χ0n) is 33.4. The number of aliphatic hydroxyl groups is 1. The van der Waals surface area contributed by atoms with Crippen molar-refractivity contribution in [2.75, 3.05) is 6.54 Å². The smallest absolute Gasteiger partial charge is 0.257 e. The molecule has 2 amide bonds. The number of amides is 2. The van der Waals surface area contributed by atoms with Crippen LogP contribution in [-0.2, 0) is 27.4 Å². The van der Waals surface area contributed by atoms with Gasteiger partial charge in [0.15, 0.2) is 29.6 Å². The Hall–Kier alpha value is -4.69. The van der Waals surface area contributed by atoms with Crippen molar-refractivity contribution >= 4 is 11.8 Å². The summed E-state index contributed by atoms with van der Waals surface area (Å²) in [6, 6.07) is 22.2. The molecule has 7 rings (SSSR count). The number of piperidine rings is 1. The van der Waals surface area contributed by atoms with E-state index in [4.69, 9.17) is 9.47 Å². The molecule has 3 N–H and O–H groups in total. The molecule has 2 saturated heterocycles. The summed E-state index contributed by atoms with van der Waals surface area (Å²) in [5, 5.41) is 15.2. The highest BCUT2D eigenvalue weighted by atomic mass is 19.2. The summed E-state index contributed by atoms with van der Waals surface area (Å²) in [5.74, 6) is -12.0. The number of hydrogen-bond donors (Lipinski definition) is 3. The highest BCUT2D eigenvalue weighted by molar-refractivity contribution is 5.94. The highest BCUT2D eigenvalue weighted by Crippen LogP contribution is 2.42. The van der Waals surface area contributed by atoms with E-state index in [0.717, 1.165) is 59.9 Å². The van der Waals surface area contributed by atoms with E-state index in [2.05, 4.69) is 15.5 Å².